The maximum absolute atomic E-state index is 13.4. The van der Waals surface area contributed by atoms with Gasteiger partial charge in [0.1, 0.15) is 5.82 Å². The van der Waals surface area contributed by atoms with Crippen molar-refractivity contribution in [1.82, 2.24) is 0 Å². The Labute approximate surface area is 125 Å². The first-order chi connectivity index (χ1) is 10.0. The van der Waals surface area contributed by atoms with Crippen molar-refractivity contribution < 1.29 is 18.1 Å². The number of rotatable bonds is 5. The number of halogens is 1. The van der Waals surface area contributed by atoms with Crippen LogP contribution in [0.3, 0.4) is 0 Å². The molecule has 0 spiro atoms. The summed E-state index contributed by atoms with van der Waals surface area (Å²) in [5.41, 5.74) is 6.26. The predicted octanol–water partition coefficient (Wildman–Crippen LogP) is 2.73. The van der Waals surface area contributed by atoms with E-state index in [4.69, 9.17) is 15.2 Å². The van der Waals surface area contributed by atoms with Gasteiger partial charge in [0.2, 0.25) is 0 Å². The van der Waals surface area contributed by atoms with E-state index in [1.807, 2.05) is 0 Å². The Morgan fingerprint density at radius 1 is 1.10 bits per heavy atom. The third-order valence-corrected chi connectivity index (χ3v) is 4.36. The number of ether oxygens (including phenoxy) is 2. The standard InChI is InChI=1S/C15H16FNO3S/c1-19-14-6-3-10(7-15(14)20-2)9-21(18)11-4-5-13(17)12(16)8-11/h3-8H,9,17H2,1-2H3. The predicted molar refractivity (Wildman–Crippen MR) is 80.5 cm³/mol. The zero-order valence-electron chi connectivity index (χ0n) is 11.8. The second-order valence-corrected chi connectivity index (χ2v) is 5.81. The van der Waals surface area contributed by atoms with Crippen LogP contribution in [0.4, 0.5) is 10.1 Å². The maximum Gasteiger partial charge on any atom is 0.161 e. The first kappa shape index (κ1) is 15.3. The monoisotopic (exact) mass is 309 g/mol. The van der Waals surface area contributed by atoms with Crippen molar-refractivity contribution >= 4 is 16.5 Å². The van der Waals surface area contributed by atoms with Crippen molar-refractivity contribution in [3.05, 3.63) is 47.8 Å². The Balaban J connectivity index is 2.21. The van der Waals surface area contributed by atoms with Gasteiger partial charge >= 0.3 is 0 Å². The summed E-state index contributed by atoms with van der Waals surface area (Å²) in [4.78, 5) is 0.400. The number of methoxy groups -OCH3 is 2. The van der Waals surface area contributed by atoms with Crippen LogP contribution in [0.2, 0.25) is 0 Å². The molecule has 6 heteroatoms. The number of hydrogen-bond acceptors (Lipinski definition) is 4. The molecule has 0 aliphatic heterocycles. The molecule has 0 saturated carbocycles. The molecular formula is C15H16FNO3S. The Hall–Kier alpha value is -2.08. The van der Waals surface area contributed by atoms with Gasteiger partial charge < -0.3 is 15.2 Å². The summed E-state index contributed by atoms with van der Waals surface area (Å²) in [6.07, 6.45) is 0. The highest BCUT2D eigenvalue weighted by molar-refractivity contribution is 7.84. The molecule has 4 nitrogen and oxygen atoms in total. The lowest BCUT2D eigenvalue weighted by Gasteiger charge is -2.09. The average molecular weight is 309 g/mol. The van der Waals surface area contributed by atoms with Crippen LogP contribution in [0.25, 0.3) is 0 Å². The van der Waals surface area contributed by atoms with Gasteiger partial charge in [-0.1, -0.05) is 6.07 Å². The number of anilines is 1. The molecule has 0 bridgehead atoms. The van der Waals surface area contributed by atoms with E-state index in [-0.39, 0.29) is 11.4 Å². The third kappa shape index (κ3) is 3.52. The fourth-order valence-corrected chi connectivity index (χ4v) is 2.96. The number of nitrogens with two attached hydrogens (primary N) is 1. The lowest BCUT2D eigenvalue weighted by Crippen LogP contribution is -2.00. The fraction of sp³-hybridized carbons (Fsp3) is 0.200. The molecule has 0 amide bonds. The number of benzene rings is 2. The van der Waals surface area contributed by atoms with Crippen molar-refractivity contribution in [2.45, 2.75) is 10.6 Å². The van der Waals surface area contributed by atoms with E-state index in [2.05, 4.69) is 0 Å². The summed E-state index contributed by atoms with van der Waals surface area (Å²) in [5.74, 6) is 0.859. The average Bonchev–Trinajstić information content (AvgIpc) is 2.49. The summed E-state index contributed by atoms with van der Waals surface area (Å²) >= 11 is 0. The van der Waals surface area contributed by atoms with Gasteiger partial charge in [0, 0.05) is 4.90 Å². The van der Waals surface area contributed by atoms with Crippen LogP contribution in [0.15, 0.2) is 41.3 Å². The van der Waals surface area contributed by atoms with Crippen molar-refractivity contribution in [3.63, 3.8) is 0 Å². The maximum atomic E-state index is 13.4. The van der Waals surface area contributed by atoms with Gasteiger partial charge in [-0.3, -0.25) is 4.21 Å². The second kappa shape index (κ2) is 6.58. The second-order valence-electron chi connectivity index (χ2n) is 4.36. The van der Waals surface area contributed by atoms with E-state index in [9.17, 15) is 8.60 Å². The fourth-order valence-electron chi connectivity index (χ4n) is 1.85. The minimum Gasteiger partial charge on any atom is -0.493 e. The molecule has 2 rings (SSSR count). The lowest BCUT2D eigenvalue weighted by atomic mass is 10.2. The Kier molecular flexibility index (Phi) is 4.80. The molecule has 0 saturated heterocycles. The molecule has 1 atom stereocenters. The van der Waals surface area contributed by atoms with Crippen LogP contribution in [0.5, 0.6) is 11.5 Å². The molecule has 0 aromatic heterocycles. The van der Waals surface area contributed by atoms with Crippen molar-refractivity contribution in [1.29, 1.82) is 0 Å². The van der Waals surface area contributed by atoms with Gasteiger partial charge in [0.05, 0.1) is 36.5 Å². The Morgan fingerprint density at radius 2 is 1.81 bits per heavy atom. The topological polar surface area (TPSA) is 61.5 Å². The highest BCUT2D eigenvalue weighted by Gasteiger charge is 2.10. The number of nitrogen functional groups attached to an aromatic ring is 1. The zero-order chi connectivity index (χ0) is 15.4. The van der Waals surface area contributed by atoms with Crippen LogP contribution in [0, 0.1) is 5.82 Å². The molecule has 2 aromatic rings. The van der Waals surface area contributed by atoms with Gasteiger partial charge in [-0.15, -0.1) is 0 Å². The van der Waals surface area contributed by atoms with Gasteiger partial charge in [0.15, 0.2) is 11.5 Å². The molecule has 0 radical (unpaired) electrons. The highest BCUT2D eigenvalue weighted by atomic mass is 32.2. The molecule has 2 N–H and O–H groups in total. The summed E-state index contributed by atoms with van der Waals surface area (Å²) < 4.78 is 36.0. The summed E-state index contributed by atoms with van der Waals surface area (Å²) in [7, 11) is 1.72. The van der Waals surface area contributed by atoms with Gasteiger partial charge in [-0.2, -0.15) is 0 Å². The first-order valence-corrected chi connectivity index (χ1v) is 7.51. The van der Waals surface area contributed by atoms with Crippen LogP contribution in [-0.2, 0) is 16.6 Å². The smallest absolute Gasteiger partial charge is 0.161 e. The molecule has 0 heterocycles. The Bertz CT molecular complexity index is 676. The summed E-state index contributed by atoms with van der Waals surface area (Å²) in [6, 6.07) is 9.48. The molecular weight excluding hydrogens is 293 g/mol. The van der Waals surface area contributed by atoms with E-state index in [1.165, 1.54) is 19.2 Å². The molecule has 1 unspecified atom stereocenters. The summed E-state index contributed by atoms with van der Waals surface area (Å²) in [5, 5.41) is 0. The van der Waals surface area contributed by atoms with E-state index >= 15 is 0 Å². The van der Waals surface area contributed by atoms with Gasteiger partial charge in [0.25, 0.3) is 0 Å². The molecule has 0 fully saturated rings. The minimum atomic E-state index is -1.36. The van der Waals surface area contributed by atoms with E-state index in [1.54, 1.807) is 31.4 Å². The quantitative estimate of drug-likeness (QED) is 0.863. The van der Waals surface area contributed by atoms with E-state index < -0.39 is 16.6 Å². The lowest BCUT2D eigenvalue weighted by molar-refractivity contribution is 0.354. The molecule has 0 aliphatic rings. The largest absolute Gasteiger partial charge is 0.493 e. The molecule has 0 aliphatic carbocycles. The van der Waals surface area contributed by atoms with E-state index in [0.29, 0.717) is 16.4 Å². The van der Waals surface area contributed by atoms with Crippen LogP contribution < -0.4 is 15.2 Å². The molecule has 112 valence electrons. The normalized spacial score (nSPS) is 12.0. The van der Waals surface area contributed by atoms with Crippen LogP contribution >= 0.6 is 0 Å². The highest BCUT2D eigenvalue weighted by Crippen LogP contribution is 2.28. The van der Waals surface area contributed by atoms with Crippen molar-refractivity contribution in [2.24, 2.45) is 0 Å². The van der Waals surface area contributed by atoms with Crippen molar-refractivity contribution in [2.75, 3.05) is 20.0 Å². The van der Waals surface area contributed by atoms with Crippen LogP contribution in [0.1, 0.15) is 5.56 Å². The first-order valence-electron chi connectivity index (χ1n) is 6.19. The SMILES string of the molecule is COc1ccc(CS(=O)c2ccc(N)c(F)c2)cc1OC. The van der Waals surface area contributed by atoms with Crippen LogP contribution in [-0.4, -0.2) is 18.4 Å². The van der Waals surface area contributed by atoms with Gasteiger partial charge in [-0.05, 0) is 35.9 Å². The molecule has 2 aromatic carbocycles. The van der Waals surface area contributed by atoms with Crippen molar-refractivity contribution in [3.8, 4) is 11.5 Å². The summed E-state index contributed by atoms with van der Waals surface area (Å²) in [6.45, 7) is 0. The zero-order valence-corrected chi connectivity index (χ0v) is 12.6. The minimum absolute atomic E-state index is 0.0434. The Morgan fingerprint density at radius 3 is 2.43 bits per heavy atom. The third-order valence-electron chi connectivity index (χ3n) is 2.98. The number of hydrogen-bond donors (Lipinski definition) is 1. The van der Waals surface area contributed by atoms with Gasteiger partial charge in [-0.25, -0.2) is 4.39 Å². The van der Waals surface area contributed by atoms with E-state index in [0.717, 1.165) is 5.56 Å². The molecule has 21 heavy (non-hydrogen) atoms.